The van der Waals surface area contributed by atoms with Crippen molar-refractivity contribution >= 4 is 62.2 Å². The fraction of sp³-hybridized carbons (Fsp3) is 0.130. The van der Waals surface area contributed by atoms with Crippen LogP contribution in [-0.2, 0) is 14.8 Å². The number of benzene rings is 3. The third-order valence-electron chi connectivity index (χ3n) is 4.72. The number of nitrogens with zero attached hydrogens (tertiary/aromatic N) is 1. The maximum absolute atomic E-state index is 13.1. The number of amides is 1. The summed E-state index contributed by atoms with van der Waals surface area (Å²) in [5.74, 6) is -0.970. The minimum atomic E-state index is -4.10. The number of hydrogen-bond donors (Lipinski definition) is 1. The monoisotopic (exact) mass is 524 g/mol. The molecule has 0 saturated carbocycles. The molecule has 3 aromatic carbocycles. The van der Waals surface area contributed by atoms with Crippen molar-refractivity contribution < 1.29 is 18.0 Å². The second kappa shape index (κ2) is 10.7. The zero-order chi connectivity index (χ0) is 24.2. The lowest BCUT2D eigenvalue weighted by atomic mass is 10.0. The number of likely N-dealkylation sites (N-methyl/N-ethyl adjacent to an activating group) is 1. The summed E-state index contributed by atoms with van der Waals surface area (Å²) in [5.41, 5.74) is 0.821. The van der Waals surface area contributed by atoms with Crippen LogP contribution in [0.5, 0.6) is 0 Å². The van der Waals surface area contributed by atoms with Crippen molar-refractivity contribution in [2.24, 2.45) is 0 Å². The van der Waals surface area contributed by atoms with E-state index in [0.29, 0.717) is 10.6 Å². The van der Waals surface area contributed by atoms with Gasteiger partial charge >= 0.3 is 0 Å². The second-order valence-corrected chi connectivity index (χ2v) is 10.1. The Morgan fingerprint density at radius 3 is 2.21 bits per heavy atom. The molecule has 3 aromatic rings. The summed E-state index contributed by atoms with van der Waals surface area (Å²) in [6.45, 7) is 1.11. The van der Waals surface area contributed by atoms with Crippen molar-refractivity contribution in [1.82, 2.24) is 4.31 Å². The maximum Gasteiger partial charge on any atom is 0.245 e. The summed E-state index contributed by atoms with van der Waals surface area (Å²) in [7, 11) is -4.10. The van der Waals surface area contributed by atoms with Crippen LogP contribution >= 0.6 is 34.8 Å². The van der Waals surface area contributed by atoms with E-state index >= 15 is 0 Å². The summed E-state index contributed by atoms with van der Waals surface area (Å²) < 4.78 is 27.1. The number of carbonyl (C=O) groups is 2. The van der Waals surface area contributed by atoms with Gasteiger partial charge < -0.3 is 5.32 Å². The third kappa shape index (κ3) is 5.93. The average Bonchev–Trinajstić information content (AvgIpc) is 2.80. The molecule has 1 amide bonds. The van der Waals surface area contributed by atoms with Crippen molar-refractivity contribution in [1.29, 1.82) is 0 Å². The first-order valence-electron chi connectivity index (χ1n) is 9.78. The Kier molecular flexibility index (Phi) is 8.15. The minimum absolute atomic E-state index is 0.00768. The highest BCUT2D eigenvalue weighted by molar-refractivity contribution is 7.89. The smallest absolute Gasteiger partial charge is 0.245 e. The molecule has 3 rings (SSSR count). The summed E-state index contributed by atoms with van der Waals surface area (Å²) in [6, 6.07) is 17.1. The molecule has 0 aliphatic rings. The molecule has 0 bridgehead atoms. The SMILES string of the molecule is CCN(CC(=O)Nc1ccc(Cl)cc1C(=O)c1ccccc1)S(=O)(=O)c1cc(Cl)ccc1Cl. The Hall–Kier alpha value is -2.42. The lowest BCUT2D eigenvalue weighted by molar-refractivity contribution is -0.116. The van der Waals surface area contributed by atoms with E-state index in [4.69, 9.17) is 34.8 Å². The number of sulfonamides is 1. The van der Waals surface area contributed by atoms with Crippen LogP contribution < -0.4 is 5.32 Å². The Bertz CT molecular complexity index is 1300. The van der Waals surface area contributed by atoms with Crippen molar-refractivity contribution in [3.05, 3.63) is 92.9 Å². The summed E-state index contributed by atoms with van der Waals surface area (Å²) in [6.07, 6.45) is 0. The van der Waals surface area contributed by atoms with Gasteiger partial charge in [-0.15, -0.1) is 0 Å². The largest absolute Gasteiger partial charge is 0.324 e. The van der Waals surface area contributed by atoms with Gasteiger partial charge in [0.25, 0.3) is 0 Å². The van der Waals surface area contributed by atoms with Gasteiger partial charge in [-0.25, -0.2) is 8.42 Å². The maximum atomic E-state index is 13.1. The molecular weight excluding hydrogens is 507 g/mol. The van der Waals surface area contributed by atoms with Gasteiger partial charge in [-0.05, 0) is 36.4 Å². The van der Waals surface area contributed by atoms with E-state index in [1.54, 1.807) is 37.3 Å². The molecule has 0 atom stereocenters. The van der Waals surface area contributed by atoms with Crippen molar-refractivity contribution in [2.45, 2.75) is 11.8 Å². The molecule has 33 heavy (non-hydrogen) atoms. The Labute approximate surface area is 207 Å². The predicted octanol–water partition coefficient (Wildman–Crippen LogP) is 5.53. The highest BCUT2D eigenvalue weighted by Gasteiger charge is 2.28. The van der Waals surface area contributed by atoms with Crippen molar-refractivity contribution in [2.75, 3.05) is 18.4 Å². The fourth-order valence-corrected chi connectivity index (χ4v) is 5.40. The van der Waals surface area contributed by atoms with E-state index < -0.39 is 22.5 Å². The van der Waals surface area contributed by atoms with Gasteiger partial charge in [0.15, 0.2) is 5.78 Å². The minimum Gasteiger partial charge on any atom is -0.324 e. The van der Waals surface area contributed by atoms with Crippen LogP contribution in [-0.4, -0.2) is 37.5 Å². The molecule has 0 saturated heterocycles. The first-order valence-corrected chi connectivity index (χ1v) is 12.3. The molecular formula is C23H19Cl3N2O4S. The number of anilines is 1. The highest BCUT2D eigenvalue weighted by atomic mass is 35.5. The molecule has 0 heterocycles. The number of nitrogens with one attached hydrogen (secondary N) is 1. The molecule has 0 spiro atoms. The van der Waals surface area contributed by atoms with E-state index in [2.05, 4.69) is 5.32 Å². The molecule has 0 aromatic heterocycles. The average molecular weight is 526 g/mol. The van der Waals surface area contributed by atoms with Crippen LogP contribution in [0.3, 0.4) is 0 Å². The Balaban J connectivity index is 1.86. The van der Waals surface area contributed by atoms with Gasteiger partial charge in [0, 0.05) is 27.7 Å². The Morgan fingerprint density at radius 2 is 1.55 bits per heavy atom. The van der Waals surface area contributed by atoms with Crippen LogP contribution in [0.15, 0.2) is 71.6 Å². The topological polar surface area (TPSA) is 83.6 Å². The van der Waals surface area contributed by atoms with E-state index in [9.17, 15) is 18.0 Å². The number of ketones is 1. The summed E-state index contributed by atoms with van der Waals surface area (Å²) in [5, 5.41) is 3.13. The molecule has 10 heteroatoms. The van der Waals surface area contributed by atoms with Gasteiger partial charge in [-0.3, -0.25) is 9.59 Å². The van der Waals surface area contributed by atoms with Crippen molar-refractivity contribution in [3.8, 4) is 0 Å². The van der Waals surface area contributed by atoms with E-state index in [0.717, 1.165) is 4.31 Å². The van der Waals surface area contributed by atoms with Gasteiger partial charge in [0.05, 0.1) is 17.3 Å². The normalized spacial score (nSPS) is 11.4. The van der Waals surface area contributed by atoms with Crippen LogP contribution in [0.4, 0.5) is 5.69 Å². The quantitative estimate of drug-likeness (QED) is 0.392. The van der Waals surface area contributed by atoms with Gasteiger partial charge in [0.1, 0.15) is 4.90 Å². The number of rotatable bonds is 8. The molecule has 6 nitrogen and oxygen atoms in total. The van der Waals surface area contributed by atoms with Crippen molar-refractivity contribution in [3.63, 3.8) is 0 Å². The fourth-order valence-electron chi connectivity index (χ4n) is 3.09. The van der Waals surface area contributed by atoms with Crippen LogP contribution in [0.25, 0.3) is 0 Å². The zero-order valence-electron chi connectivity index (χ0n) is 17.4. The number of hydrogen-bond acceptors (Lipinski definition) is 4. The van der Waals surface area contributed by atoms with E-state index in [1.807, 2.05) is 0 Å². The molecule has 0 fully saturated rings. The molecule has 172 valence electrons. The highest BCUT2D eigenvalue weighted by Crippen LogP contribution is 2.28. The number of halogens is 3. The lowest BCUT2D eigenvalue weighted by Crippen LogP contribution is -2.38. The third-order valence-corrected chi connectivity index (χ3v) is 7.59. The summed E-state index contributed by atoms with van der Waals surface area (Å²) in [4.78, 5) is 25.5. The van der Waals surface area contributed by atoms with Gasteiger partial charge in [-0.2, -0.15) is 4.31 Å². The molecule has 0 radical (unpaired) electrons. The van der Waals surface area contributed by atoms with Crippen LogP contribution in [0.1, 0.15) is 22.8 Å². The summed E-state index contributed by atoms with van der Waals surface area (Å²) >= 11 is 18.1. The van der Waals surface area contributed by atoms with Crippen LogP contribution in [0, 0.1) is 0 Å². The first kappa shape index (κ1) is 25.2. The van der Waals surface area contributed by atoms with E-state index in [-0.39, 0.29) is 38.5 Å². The zero-order valence-corrected chi connectivity index (χ0v) is 20.5. The second-order valence-electron chi connectivity index (χ2n) is 6.94. The molecule has 1 N–H and O–H groups in total. The van der Waals surface area contributed by atoms with E-state index in [1.165, 1.54) is 36.4 Å². The standard InChI is InChI=1S/C23H19Cl3N2O4S/c1-2-28(33(31,32)21-13-17(25)8-10-19(21)26)14-22(29)27-20-11-9-16(24)12-18(20)23(30)15-6-4-3-5-7-15/h3-13H,2,14H2,1H3,(H,27,29). The molecule has 0 aliphatic carbocycles. The first-order chi connectivity index (χ1) is 15.6. The predicted molar refractivity (Wildman–Crippen MR) is 131 cm³/mol. The van der Waals surface area contributed by atoms with Gasteiger partial charge in [-0.1, -0.05) is 72.1 Å². The molecule has 0 aliphatic heterocycles. The van der Waals surface area contributed by atoms with Crippen LogP contribution in [0.2, 0.25) is 15.1 Å². The Morgan fingerprint density at radius 1 is 0.909 bits per heavy atom. The van der Waals surface area contributed by atoms with Gasteiger partial charge in [0.2, 0.25) is 15.9 Å². The lowest BCUT2D eigenvalue weighted by Gasteiger charge is -2.21. The molecule has 0 unspecified atom stereocenters. The number of carbonyl (C=O) groups excluding carboxylic acids is 2.